The second-order valence-corrected chi connectivity index (χ2v) is 9.35. The van der Waals surface area contributed by atoms with Gasteiger partial charge in [-0.3, -0.25) is 4.79 Å². The number of rotatable bonds is 5. The maximum atomic E-state index is 12.2. The maximum Gasteiger partial charge on any atom is 0.233 e. The summed E-state index contributed by atoms with van der Waals surface area (Å²) in [4.78, 5) is 12.2. The fourth-order valence-corrected chi connectivity index (χ4v) is 5.19. The lowest BCUT2D eigenvalue weighted by Gasteiger charge is -2.19. The standard InChI is InChI=1S/C15H21NO3S2/c1-11(13-6-4-3-5-7-13)20-12(2)15(17)16-14-8-9-21(18,19)10-14/h3-7,11-12,14H,8-10H2,1-2H3,(H,16,17). The van der Waals surface area contributed by atoms with Crippen LogP contribution in [0.5, 0.6) is 0 Å². The fraction of sp³-hybridized carbons (Fsp3) is 0.533. The first-order valence-corrected chi connectivity index (χ1v) is 9.85. The van der Waals surface area contributed by atoms with Gasteiger partial charge in [0.2, 0.25) is 5.91 Å². The summed E-state index contributed by atoms with van der Waals surface area (Å²) in [6.07, 6.45) is 0.527. The molecule has 0 aliphatic carbocycles. The summed E-state index contributed by atoms with van der Waals surface area (Å²) >= 11 is 1.58. The third kappa shape index (κ3) is 4.74. The molecule has 1 saturated heterocycles. The molecule has 0 bridgehead atoms. The minimum atomic E-state index is -2.95. The van der Waals surface area contributed by atoms with Crippen molar-refractivity contribution in [3.63, 3.8) is 0 Å². The molecule has 0 radical (unpaired) electrons. The summed E-state index contributed by atoms with van der Waals surface area (Å²) in [6.45, 7) is 3.94. The summed E-state index contributed by atoms with van der Waals surface area (Å²) in [5.41, 5.74) is 1.19. The van der Waals surface area contributed by atoms with Crippen molar-refractivity contribution in [3.05, 3.63) is 35.9 Å². The molecule has 3 atom stereocenters. The number of hydrogen-bond acceptors (Lipinski definition) is 4. The first-order valence-electron chi connectivity index (χ1n) is 7.08. The van der Waals surface area contributed by atoms with Gasteiger partial charge in [0.25, 0.3) is 0 Å². The average molecular weight is 327 g/mol. The lowest BCUT2D eigenvalue weighted by atomic mass is 10.2. The third-order valence-electron chi connectivity index (χ3n) is 3.63. The van der Waals surface area contributed by atoms with Crippen LogP contribution in [0.2, 0.25) is 0 Å². The number of hydrogen-bond donors (Lipinski definition) is 1. The normalized spacial score (nSPS) is 23.4. The lowest BCUT2D eigenvalue weighted by Crippen LogP contribution is -2.40. The van der Waals surface area contributed by atoms with Crippen LogP contribution >= 0.6 is 11.8 Å². The van der Waals surface area contributed by atoms with Crippen molar-refractivity contribution >= 4 is 27.5 Å². The molecular formula is C15H21NO3S2. The minimum Gasteiger partial charge on any atom is -0.351 e. The Hall–Kier alpha value is -1.01. The summed E-state index contributed by atoms with van der Waals surface area (Å²) < 4.78 is 22.8. The Bertz CT molecular complexity index is 586. The van der Waals surface area contributed by atoms with Crippen LogP contribution in [-0.2, 0) is 14.6 Å². The molecule has 1 aromatic carbocycles. The number of carbonyl (C=O) groups excluding carboxylic acids is 1. The molecule has 1 aliphatic rings. The molecule has 1 fully saturated rings. The highest BCUT2D eigenvalue weighted by atomic mass is 32.2. The molecule has 4 nitrogen and oxygen atoms in total. The maximum absolute atomic E-state index is 12.2. The van der Waals surface area contributed by atoms with E-state index in [-0.39, 0.29) is 34.0 Å². The van der Waals surface area contributed by atoms with Gasteiger partial charge in [0.15, 0.2) is 9.84 Å². The van der Waals surface area contributed by atoms with E-state index in [9.17, 15) is 13.2 Å². The van der Waals surface area contributed by atoms with Crippen molar-refractivity contribution in [3.8, 4) is 0 Å². The smallest absolute Gasteiger partial charge is 0.233 e. The van der Waals surface area contributed by atoms with Crippen LogP contribution in [0.1, 0.15) is 31.1 Å². The largest absolute Gasteiger partial charge is 0.351 e. The Morgan fingerprint density at radius 3 is 2.52 bits per heavy atom. The highest BCUT2D eigenvalue weighted by Crippen LogP contribution is 2.31. The van der Waals surface area contributed by atoms with E-state index in [0.717, 1.165) is 0 Å². The van der Waals surface area contributed by atoms with Gasteiger partial charge in [-0.2, -0.15) is 0 Å². The molecule has 2 rings (SSSR count). The summed E-state index contributed by atoms with van der Waals surface area (Å²) in [5, 5.41) is 2.87. The Kier molecular flexibility index (Phi) is 5.32. The highest BCUT2D eigenvalue weighted by molar-refractivity contribution is 8.00. The molecule has 3 unspecified atom stereocenters. The van der Waals surface area contributed by atoms with Crippen molar-refractivity contribution in [2.24, 2.45) is 0 Å². The molecule has 0 aromatic heterocycles. The zero-order valence-corrected chi connectivity index (χ0v) is 13.9. The quantitative estimate of drug-likeness (QED) is 0.900. The second kappa shape index (κ2) is 6.83. The molecule has 0 saturated carbocycles. The molecule has 1 heterocycles. The predicted octanol–water partition coefficient (Wildman–Crippen LogP) is 2.17. The second-order valence-electron chi connectivity index (χ2n) is 5.44. The molecular weight excluding hydrogens is 306 g/mol. The molecule has 1 aliphatic heterocycles. The van der Waals surface area contributed by atoms with E-state index in [1.807, 2.05) is 37.3 Å². The van der Waals surface area contributed by atoms with Gasteiger partial charge in [0, 0.05) is 11.3 Å². The Morgan fingerprint density at radius 2 is 1.95 bits per heavy atom. The predicted molar refractivity (Wildman–Crippen MR) is 87.1 cm³/mol. The topological polar surface area (TPSA) is 63.2 Å². The summed E-state index contributed by atoms with van der Waals surface area (Å²) in [6, 6.07) is 9.81. The molecule has 1 N–H and O–H groups in total. The first-order chi connectivity index (χ1) is 9.87. The highest BCUT2D eigenvalue weighted by Gasteiger charge is 2.30. The molecule has 1 aromatic rings. The van der Waals surface area contributed by atoms with E-state index >= 15 is 0 Å². The van der Waals surface area contributed by atoms with Gasteiger partial charge in [-0.05, 0) is 25.8 Å². The van der Waals surface area contributed by atoms with Gasteiger partial charge in [-0.25, -0.2) is 8.42 Å². The minimum absolute atomic E-state index is 0.0738. The zero-order valence-electron chi connectivity index (χ0n) is 12.3. The number of carbonyl (C=O) groups is 1. The van der Waals surface area contributed by atoms with E-state index < -0.39 is 9.84 Å². The van der Waals surface area contributed by atoms with Crippen LogP contribution in [-0.4, -0.2) is 37.1 Å². The summed E-state index contributed by atoms with van der Waals surface area (Å²) in [5.74, 6) is 0.175. The van der Waals surface area contributed by atoms with Crippen LogP contribution < -0.4 is 5.32 Å². The number of benzene rings is 1. The molecule has 116 valence electrons. The van der Waals surface area contributed by atoms with E-state index in [1.165, 1.54) is 5.56 Å². The van der Waals surface area contributed by atoms with E-state index in [2.05, 4.69) is 12.2 Å². The molecule has 0 spiro atoms. The third-order valence-corrected chi connectivity index (χ3v) is 6.70. The SMILES string of the molecule is CC(SC(C)c1ccccc1)C(=O)NC1CCS(=O)(=O)C1. The van der Waals surface area contributed by atoms with Gasteiger partial charge < -0.3 is 5.32 Å². The van der Waals surface area contributed by atoms with Crippen LogP contribution in [0.4, 0.5) is 0 Å². The molecule has 21 heavy (non-hydrogen) atoms. The van der Waals surface area contributed by atoms with Crippen LogP contribution in [0.3, 0.4) is 0 Å². The van der Waals surface area contributed by atoms with Crippen LogP contribution in [0.25, 0.3) is 0 Å². The van der Waals surface area contributed by atoms with E-state index in [1.54, 1.807) is 11.8 Å². The molecule has 6 heteroatoms. The number of amides is 1. The van der Waals surface area contributed by atoms with E-state index in [4.69, 9.17) is 0 Å². The van der Waals surface area contributed by atoms with Crippen LogP contribution in [0, 0.1) is 0 Å². The number of sulfone groups is 1. The Balaban J connectivity index is 1.85. The van der Waals surface area contributed by atoms with E-state index in [0.29, 0.717) is 6.42 Å². The van der Waals surface area contributed by atoms with Crippen LogP contribution in [0.15, 0.2) is 30.3 Å². The van der Waals surface area contributed by atoms with Crippen molar-refractivity contribution in [2.45, 2.75) is 36.8 Å². The van der Waals surface area contributed by atoms with Crippen molar-refractivity contribution in [1.29, 1.82) is 0 Å². The fourth-order valence-electron chi connectivity index (χ4n) is 2.40. The monoisotopic (exact) mass is 327 g/mol. The Labute approximate surface area is 130 Å². The van der Waals surface area contributed by atoms with Gasteiger partial charge in [-0.1, -0.05) is 30.3 Å². The van der Waals surface area contributed by atoms with Gasteiger partial charge >= 0.3 is 0 Å². The van der Waals surface area contributed by atoms with Crippen molar-refractivity contribution < 1.29 is 13.2 Å². The van der Waals surface area contributed by atoms with Gasteiger partial charge in [-0.15, -0.1) is 11.8 Å². The molecule has 1 amide bonds. The lowest BCUT2D eigenvalue weighted by molar-refractivity contribution is -0.120. The zero-order chi connectivity index (χ0) is 15.5. The summed E-state index contributed by atoms with van der Waals surface area (Å²) in [7, 11) is -2.95. The average Bonchev–Trinajstić information content (AvgIpc) is 2.78. The number of nitrogens with one attached hydrogen (secondary N) is 1. The first kappa shape index (κ1) is 16.4. The van der Waals surface area contributed by atoms with Crippen molar-refractivity contribution in [2.75, 3.05) is 11.5 Å². The Morgan fingerprint density at radius 1 is 1.29 bits per heavy atom. The number of thioether (sulfide) groups is 1. The van der Waals surface area contributed by atoms with Gasteiger partial charge in [0.05, 0.1) is 16.8 Å². The van der Waals surface area contributed by atoms with Gasteiger partial charge in [0.1, 0.15) is 0 Å². The van der Waals surface area contributed by atoms with Crippen molar-refractivity contribution in [1.82, 2.24) is 5.32 Å².